The van der Waals surface area contributed by atoms with E-state index in [4.69, 9.17) is 0 Å². The minimum atomic E-state index is -0.840. The molecule has 118 valence electrons. The van der Waals surface area contributed by atoms with Crippen molar-refractivity contribution in [3.63, 3.8) is 0 Å². The number of phenolic OH excluding ortho intramolecular Hbond substituents is 1. The zero-order chi connectivity index (χ0) is 15.7. The van der Waals surface area contributed by atoms with Gasteiger partial charge in [0.05, 0.1) is 17.7 Å². The van der Waals surface area contributed by atoms with E-state index in [0.29, 0.717) is 16.5 Å². The average Bonchev–Trinajstić information content (AvgIpc) is 2.88. The number of nitrogens with one attached hydrogen (secondary N) is 2. The van der Waals surface area contributed by atoms with Gasteiger partial charge in [0.25, 0.3) is 0 Å². The first kappa shape index (κ1) is 15.0. The maximum Gasteiger partial charge on any atom is 0.248 e. The molecular weight excluding hydrogens is 284 g/mol. The number of aromatic nitrogens is 1. The standard InChI is InChI=1S/C16H20N2O4/c19-9-6-11(10-4-5-16(22)18-13(10)7-9)15(21)8-17-12-2-1-3-14(12)20/h4-7,12,14-15,17,19-21H,1-3,8H2,(H,18,22)/t12-,14-,15+/m1/s1. The van der Waals surface area contributed by atoms with Crippen molar-refractivity contribution in [3.8, 4) is 5.75 Å². The summed E-state index contributed by atoms with van der Waals surface area (Å²) in [7, 11) is 0. The molecule has 1 saturated carbocycles. The second kappa shape index (κ2) is 6.08. The topological polar surface area (TPSA) is 106 Å². The van der Waals surface area contributed by atoms with Gasteiger partial charge in [0, 0.05) is 30.1 Å². The van der Waals surface area contributed by atoms with Gasteiger partial charge in [0.1, 0.15) is 5.75 Å². The van der Waals surface area contributed by atoms with E-state index >= 15 is 0 Å². The molecule has 3 atom stereocenters. The Morgan fingerprint density at radius 2 is 2.14 bits per heavy atom. The molecule has 0 saturated heterocycles. The maximum atomic E-state index is 11.4. The van der Waals surface area contributed by atoms with Crippen molar-refractivity contribution in [2.24, 2.45) is 0 Å². The van der Waals surface area contributed by atoms with E-state index in [-0.39, 0.29) is 30.0 Å². The third-order valence-corrected chi connectivity index (χ3v) is 4.27. The van der Waals surface area contributed by atoms with Gasteiger partial charge in [-0.05, 0) is 37.0 Å². The Morgan fingerprint density at radius 1 is 1.32 bits per heavy atom. The molecule has 1 heterocycles. The van der Waals surface area contributed by atoms with Crippen LogP contribution in [0.4, 0.5) is 0 Å². The summed E-state index contributed by atoms with van der Waals surface area (Å²) in [6.45, 7) is 0.277. The van der Waals surface area contributed by atoms with Gasteiger partial charge in [-0.3, -0.25) is 4.79 Å². The normalized spacial score (nSPS) is 23.0. The highest BCUT2D eigenvalue weighted by Crippen LogP contribution is 2.27. The molecular formula is C16H20N2O4. The predicted molar refractivity (Wildman–Crippen MR) is 82.8 cm³/mol. The van der Waals surface area contributed by atoms with Crippen LogP contribution in [0.3, 0.4) is 0 Å². The van der Waals surface area contributed by atoms with Crippen LogP contribution in [0.5, 0.6) is 5.75 Å². The number of aliphatic hydroxyl groups excluding tert-OH is 2. The van der Waals surface area contributed by atoms with Crippen LogP contribution in [-0.4, -0.2) is 39.0 Å². The van der Waals surface area contributed by atoms with E-state index in [2.05, 4.69) is 10.3 Å². The fourth-order valence-corrected chi connectivity index (χ4v) is 3.11. The van der Waals surface area contributed by atoms with Gasteiger partial charge >= 0.3 is 0 Å². The molecule has 0 radical (unpaired) electrons. The second-order valence-electron chi connectivity index (χ2n) is 5.85. The summed E-state index contributed by atoms with van der Waals surface area (Å²) in [5.41, 5.74) is 0.777. The first-order valence-corrected chi connectivity index (χ1v) is 7.50. The van der Waals surface area contributed by atoms with Gasteiger partial charge in [0.2, 0.25) is 5.56 Å². The molecule has 0 spiro atoms. The monoisotopic (exact) mass is 304 g/mol. The smallest absolute Gasteiger partial charge is 0.248 e. The number of fused-ring (bicyclic) bond motifs is 1. The molecule has 22 heavy (non-hydrogen) atoms. The van der Waals surface area contributed by atoms with Gasteiger partial charge < -0.3 is 25.6 Å². The maximum absolute atomic E-state index is 11.4. The highest BCUT2D eigenvalue weighted by molar-refractivity contribution is 5.83. The van der Waals surface area contributed by atoms with Gasteiger partial charge in [-0.1, -0.05) is 0 Å². The van der Waals surface area contributed by atoms with Crippen LogP contribution in [0.25, 0.3) is 10.9 Å². The highest BCUT2D eigenvalue weighted by Gasteiger charge is 2.25. The summed E-state index contributed by atoms with van der Waals surface area (Å²) in [5.74, 6) is -0.00991. The highest BCUT2D eigenvalue weighted by atomic mass is 16.3. The zero-order valence-corrected chi connectivity index (χ0v) is 12.1. The lowest BCUT2D eigenvalue weighted by atomic mass is 10.0. The molecule has 6 nitrogen and oxygen atoms in total. The molecule has 1 aliphatic carbocycles. The minimum absolute atomic E-state index is 0.00182. The van der Waals surface area contributed by atoms with Crippen molar-refractivity contribution in [1.29, 1.82) is 0 Å². The van der Waals surface area contributed by atoms with Crippen LogP contribution in [0.1, 0.15) is 30.9 Å². The number of aliphatic hydroxyl groups is 2. The van der Waals surface area contributed by atoms with Gasteiger partial charge in [0.15, 0.2) is 0 Å². The van der Waals surface area contributed by atoms with Crippen LogP contribution < -0.4 is 10.9 Å². The molecule has 1 aromatic heterocycles. The average molecular weight is 304 g/mol. The summed E-state index contributed by atoms with van der Waals surface area (Å²) in [6.07, 6.45) is 1.44. The lowest BCUT2D eigenvalue weighted by molar-refractivity contribution is 0.127. The summed E-state index contributed by atoms with van der Waals surface area (Å²) >= 11 is 0. The first-order chi connectivity index (χ1) is 10.5. The van der Waals surface area contributed by atoms with Gasteiger partial charge in [-0.25, -0.2) is 0 Å². The molecule has 3 rings (SSSR count). The second-order valence-corrected chi connectivity index (χ2v) is 5.85. The number of hydrogen-bond donors (Lipinski definition) is 5. The predicted octanol–water partition coefficient (Wildman–Crippen LogP) is 0.770. The summed E-state index contributed by atoms with van der Waals surface area (Å²) in [4.78, 5) is 14.0. The Morgan fingerprint density at radius 3 is 2.86 bits per heavy atom. The molecule has 0 unspecified atom stereocenters. The van der Waals surface area contributed by atoms with Crippen molar-refractivity contribution in [1.82, 2.24) is 10.3 Å². The SMILES string of the molecule is O=c1ccc2c([C@@H](O)CN[C@@H]3CCC[C@H]3O)cc(O)cc2[nH]1. The molecule has 0 aliphatic heterocycles. The van der Waals surface area contributed by atoms with Crippen molar-refractivity contribution in [3.05, 3.63) is 40.2 Å². The Balaban J connectivity index is 1.83. The largest absolute Gasteiger partial charge is 0.508 e. The number of aromatic hydroxyl groups is 1. The first-order valence-electron chi connectivity index (χ1n) is 7.50. The number of rotatable bonds is 4. The van der Waals surface area contributed by atoms with Crippen LogP contribution in [0.2, 0.25) is 0 Å². The van der Waals surface area contributed by atoms with E-state index in [1.54, 1.807) is 6.07 Å². The number of benzene rings is 1. The van der Waals surface area contributed by atoms with Crippen molar-refractivity contribution < 1.29 is 15.3 Å². The van der Waals surface area contributed by atoms with Crippen LogP contribution >= 0.6 is 0 Å². The third kappa shape index (κ3) is 2.99. The zero-order valence-electron chi connectivity index (χ0n) is 12.1. The quantitative estimate of drug-likeness (QED) is 0.574. The van der Waals surface area contributed by atoms with Crippen molar-refractivity contribution in [2.45, 2.75) is 37.5 Å². The van der Waals surface area contributed by atoms with E-state index in [1.165, 1.54) is 18.2 Å². The summed E-state index contributed by atoms with van der Waals surface area (Å²) in [6, 6.07) is 5.98. The van der Waals surface area contributed by atoms with Gasteiger partial charge in [-0.15, -0.1) is 0 Å². The molecule has 0 amide bonds. The Bertz CT molecular complexity index is 728. The summed E-state index contributed by atoms with van der Waals surface area (Å²) < 4.78 is 0. The van der Waals surface area contributed by atoms with Crippen LogP contribution in [0, 0.1) is 0 Å². The Hall–Kier alpha value is -1.89. The number of pyridine rings is 1. The third-order valence-electron chi connectivity index (χ3n) is 4.27. The van der Waals surface area contributed by atoms with E-state index < -0.39 is 6.10 Å². The fraction of sp³-hybridized carbons (Fsp3) is 0.438. The van der Waals surface area contributed by atoms with Crippen molar-refractivity contribution >= 4 is 10.9 Å². The van der Waals surface area contributed by atoms with E-state index in [0.717, 1.165) is 19.3 Å². The molecule has 2 aromatic rings. The Kier molecular flexibility index (Phi) is 4.15. The molecule has 5 N–H and O–H groups in total. The molecule has 0 bridgehead atoms. The molecule has 1 aliphatic rings. The van der Waals surface area contributed by atoms with E-state index in [1.807, 2.05) is 0 Å². The fourth-order valence-electron chi connectivity index (χ4n) is 3.11. The molecule has 6 heteroatoms. The molecule has 1 fully saturated rings. The number of H-pyrrole nitrogens is 1. The number of phenols is 1. The van der Waals surface area contributed by atoms with Crippen LogP contribution in [-0.2, 0) is 0 Å². The summed E-state index contributed by atoms with van der Waals surface area (Å²) in [5, 5.41) is 33.9. The van der Waals surface area contributed by atoms with E-state index in [9.17, 15) is 20.1 Å². The van der Waals surface area contributed by atoms with Gasteiger partial charge in [-0.2, -0.15) is 0 Å². The Labute approximate surface area is 127 Å². The lowest BCUT2D eigenvalue weighted by Gasteiger charge is -2.20. The minimum Gasteiger partial charge on any atom is -0.508 e. The van der Waals surface area contributed by atoms with Crippen molar-refractivity contribution in [2.75, 3.05) is 6.54 Å². The lowest BCUT2D eigenvalue weighted by Crippen LogP contribution is -2.38. The number of hydrogen-bond acceptors (Lipinski definition) is 5. The number of aromatic amines is 1. The van der Waals surface area contributed by atoms with Crippen LogP contribution in [0.15, 0.2) is 29.1 Å². The molecule has 1 aromatic carbocycles.